The summed E-state index contributed by atoms with van der Waals surface area (Å²) in [6.45, 7) is 3.25. The van der Waals surface area contributed by atoms with Crippen LogP contribution in [0.25, 0.3) is 0 Å². The zero-order valence-electron chi connectivity index (χ0n) is 10.1. The average molecular weight is 292 g/mol. The van der Waals surface area contributed by atoms with Crippen LogP contribution in [0.1, 0.15) is 12.5 Å². The van der Waals surface area contributed by atoms with E-state index in [4.69, 9.17) is 11.6 Å². The van der Waals surface area contributed by atoms with Gasteiger partial charge in [-0.2, -0.15) is 0 Å². The van der Waals surface area contributed by atoms with Crippen molar-refractivity contribution in [2.45, 2.75) is 18.7 Å². The normalized spacial score (nSPS) is 13.3. The Balaban J connectivity index is 3.12. The molecule has 1 atom stereocenters. The molecule has 18 heavy (non-hydrogen) atoms. The van der Waals surface area contributed by atoms with Crippen LogP contribution in [-0.2, 0) is 9.84 Å². The molecule has 1 rings (SSSR count). The first kappa shape index (κ1) is 14.9. The van der Waals surface area contributed by atoms with Gasteiger partial charge in [0.25, 0.3) is 5.69 Å². The number of nitro groups is 1. The van der Waals surface area contributed by atoms with Crippen LogP contribution < -0.4 is 0 Å². The van der Waals surface area contributed by atoms with Crippen molar-refractivity contribution >= 4 is 27.1 Å². The lowest BCUT2D eigenvalue weighted by Gasteiger charge is -2.09. The van der Waals surface area contributed by atoms with E-state index < -0.39 is 14.8 Å². The van der Waals surface area contributed by atoms with Gasteiger partial charge in [0.2, 0.25) is 0 Å². The number of aryl methyl sites for hydroxylation is 1. The summed E-state index contributed by atoms with van der Waals surface area (Å²) >= 11 is 5.59. The Morgan fingerprint density at radius 2 is 2.06 bits per heavy atom. The molecular weight excluding hydrogens is 278 g/mol. The molecule has 1 unspecified atom stereocenters. The van der Waals surface area contributed by atoms with Crippen molar-refractivity contribution < 1.29 is 13.3 Å². The van der Waals surface area contributed by atoms with E-state index in [1.54, 1.807) is 6.92 Å². The van der Waals surface area contributed by atoms with E-state index in [-0.39, 0.29) is 28.1 Å². The van der Waals surface area contributed by atoms with Crippen LogP contribution in [0.15, 0.2) is 23.1 Å². The fraction of sp³-hybridized carbons (Fsp3) is 0.455. The van der Waals surface area contributed by atoms with Crippen LogP contribution in [0.2, 0.25) is 0 Å². The maximum absolute atomic E-state index is 12.0. The number of hydrogen-bond acceptors (Lipinski definition) is 4. The molecule has 7 heteroatoms. The third-order valence-corrected chi connectivity index (χ3v) is 5.00. The highest BCUT2D eigenvalue weighted by Gasteiger charge is 2.20. The molecule has 1 aromatic carbocycles. The van der Waals surface area contributed by atoms with Gasteiger partial charge in [-0.05, 0) is 25.0 Å². The maximum Gasteiger partial charge on any atom is 0.272 e. The Labute approximate surface area is 111 Å². The first-order valence-corrected chi connectivity index (χ1v) is 7.50. The van der Waals surface area contributed by atoms with E-state index in [0.717, 1.165) is 0 Å². The zero-order chi connectivity index (χ0) is 13.9. The van der Waals surface area contributed by atoms with Crippen molar-refractivity contribution in [3.8, 4) is 0 Å². The van der Waals surface area contributed by atoms with Crippen LogP contribution in [0.3, 0.4) is 0 Å². The lowest BCUT2D eigenvalue weighted by molar-refractivity contribution is -0.385. The minimum absolute atomic E-state index is 0.0618. The standard InChI is InChI=1S/C11H14ClNO4S/c1-8(6-12)7-18(16,17)10-3-4-11(13(14)15)9(2)5-10/h3-5,8H,6-7H2,1-2H3. The van der Waals surface area contributed by atoms with E-state index in [1.807, 2.05) is 0 Å². The second-order valence-corrected chi connectivity index (χ2v) is 6.59. The Bertz CT molecular complexity index is 556. The largest absolute Gasteiger partial charge is 0.272 e. The summed E-state index contributed by atoms with van der Waals surface area (Å²) in [5.41, 5.74) is 0.249. The molecule has 5 nitrogen and oxygen atoms in total. The van der Waals surface area contributed by atoms with Crippen LogP contribution >= 0.6 is 11.6 Å². The Morgan fingerprint density at radius 1 is 1.44 bits per heavy atom. The van der Waals surface area contributed by atoms with E-state index in [9.17, 15) is 18.5 Å². The van der Waals surface area contributed by atoms with Gasteiger partial charge in [-0.25, -0.2) is 8.42 Å². The Morgan fingerprint density at radius 3 is 2.50 bits per heavy atom. The third-order valence-electron chi connectivity index (χ3n) is 2.49. The molecule has 100 valence electrons. The predicted molar refractivity (Wildman–Crippen MR) is 69.8 cm³/mol. The second-order valence-electron chi connectivity index (χ2n) is 4.25. The third kappa shape index (κ3) is 3.43. The van der Waals surface area contributed by atoms with Gasteiger partial charge in [0, 0.05) is 17.5 Å². The number of sulfone groups is 1. The highest BCUT2D eigenvalue weighted by molar-refractivity contribution is 7.91. The molecule has 0 aliphatic heterocycles. The summed E-state index contributed by atoms with van der Waals surface area (Å²) in [4.78, 5) is 10.2. The van der Waals surface area contributed by atoms with Crippen LogP contribution in [0.4, 0.5) is 5.69 Å². The molecule has 0 aliphatic rings. The summed E-state index contributed by atoms with van der Waals surface area (Å²) in [6.07, 6.45) is 0. The summed E-state index contributed by atoms with van der Waals surface area (Å²) in [6, 6.07) is 3.81. The van der Waals surface area contributed by atoms with E-state index in [2.05, 4.69) is 0 Å². The second kappa shape index (κ2) is 5.67. The molecule has 0 N–H and O–H groups in total. The molecule has 1 aromatic rings. The molecule has 0 heterocycles. The lowest BCUT2D eigenvalue weighted by Crippen LogP contribution is -2.15. The van der Waals surface area contributed by atoms with Gasteiger partial charge >= 0.3 is 0 Å². The maximum atomic E-state index is 12.0. The molecule has 0 bridgehead atoms. The van der Waals surface area contributed by atoms with Crippen molar-refractivity contribution in [3.63, 3.8) is 0 Å². The average Bonchev–Trinajstić information content (AvgIpc) is 2.27. The van der Waals surface area contributed by atoms with Gasteiger partial charge in [0.05, 0.1) is 15.6 Å². The first-order chi connectivity index (χ1) is 8.27. The van der Waals surface area contributed by atoms with Gasteiger partial charge < -0.3 is 0 Å². The number of rotatable bonds is 5. The van der Waals surface area contributed by atoms with Crippen molar-refractivity contribution in [1.82, 2.24) is 0 Å². The molecular formula is C11H14ClNO4S. The highest BCUT2D eigenvalue weighted by atomic mass is 35.5. The highest BCUT2D eigenvalue weighted by Crippen LogP contribution is 2.23. The fourth-order valence-corrected chi connectivity index (χ4v) is 3.47. The number of nitrogens with zero attached hydrogens (tertiary/aromatic N) is 1. The van der Waals surface area contributed by atoms with E-state index in [1.165, 1.54) is 25.1 Å². The van der Waals surface area contributed by atoms with E-state index >= 15 is 0 Å². The molecule has 0 saturated carbocycles. The van der Waals surface area contributed by atoms with Crippen molar-refractivity contribution in [1.29, 1.82) is 0 Å². The summed E-state index contributed by atoms with van der Waals surface area (Å²) in [5, 5.41) is 10.6. The van der Waals surface area contributed by atoms with Gasteiger partial charge in [0.15, 0.2) is 9.84 Å². The Hall–Kier alpha value is -1.14. The van der Waals surface area contributed by atoms with Gasteiger partial charge in [0.1, 0.15) is 0 Å². The van der Waals surface area contributed by atoms with Crippen LogP contribution in [0.5, 0.6) is 0 Å². The van der Waals surface area contributed by atoms with Crippen molar-refractivity contribution in [3.05, 3.63) is 33.9 Å². The molecule has 0 aliphatic carbocycles. The van der Waals surface area contributed by atoms with Gasteiger partial charge in [-0.3, -0.25) is 10.1 Å². The van der Waals surface area contributed by atoms with Crippen LogP contribution in [-0.4, -0.2) is 25.0 Å². The predicted octanol–water partition coefficient (Wildman–Crippen LogP) is 2.55. The first-order valence-electron chi connectivity index (χ1n) is 5.31. The topological polar surface area (TPSA) is 77.3 Å². The van der Waals surface area contributed by atoms with Crippen molar-refractivity contribution in [2.75, 3.05) is 11.6 Å². The quantitative estimate of drug-likeness (QED) is 0.474. The SMILES string of the molecule is Cc1cc(S(=O)(=O)CC(C)CCl)ccc1[N+](=O)[O-]. The molecule has 0 saturated heterocycles. The summed E-state index contributed by atoms with van der Waals surface area (Å²) in [7, 11) is -3.44. The smallest absolute Gasteiger partial charge is 0.258 e. The summed E-state index contributed by atoms with van der Waals surface area (Å²) in [5.74, 6) is 0.0334. The fourth-order valence-electron chi connectivity index (χ4n) is 1.54. The molecule has 0 radical (unpaired) electrons. The molecule has 0 amide bonds. The van der Waals surface area contributed by atoms with Gasteiger partial charge in [-0.15, -0.1) is 11.6 Å². The number of halogens is 1. The molecule has 0 aromatic heterocycles. The number of alkyl halides is 1. The van der Waals surface area contributed by atoms with Gasteiger partial charge in [-0.1, -0.05) is 6.92 Å². The van der Waals surface area contributed by atoms with E-state index in [0.29, 0.717) is 5.56 Å². The summed E-state index contributed by atoms with van der Waals surface area (Å²) < 4.78 is 24.0. The number of benzene rings is 1. The number of hydrogen-bond donors (Lipinski definition) is 0. The van der Waals surface area contributed by atoms with Crippen molar-refractivity contribution in [2.24, 2.45) is 5.92 Å². The Kier molecular flexibility index (Phi) is 4.70. The lowest BCUT2D eigenvalue weighted by atomic mass is 10.2. The molecule has 0 spiro atoms. The number of nitro benzene ring substituents is 1. The molecule has 0 fully saturated rings. The zero-order valence-corrected chi connectivity index (χ0v) is 11.7. The monoisotopic (exact) mass is 291 g/mol. The van der Waals surface area contributed by atoms with Crippen LogP contribution in [0, 0.1) is 23.0 Å². The minimum atomic E-state index is -3.44. The minimum Gasteiger partial charge on any atom is -0.258 e.